The highest BCUT2D eigenvalue weighted by atomic mass is 16.2. The van der Waals surface area contributed by atoms with Crippen LogP contribution in [0.3, 0.4) is 0 Å². The van der Waals surface area contributed by atoms with Gasteiger partial charge in [0.2, 0.25) is 0 Å². The van der Waals surface area contributed by atoms with Gasteiger partial charge in [-0.2, -0.15) is 0 Å². The first-order chi connectivity index (χ1) is 7.31. The highest BCUT2D eigenvalue weighted by molar-refractivity contribution is 6.36. The zero-order valence-electron chi connectivity index (χ0n) is 10.5. The molecule has 0 unspecified atom stereocenters. The fourth-order valence-corrected chi connectivity index (χ4v) is 0.755. The first-order valence-corrected chi connectivity index (χ1v) is 5.33. The summed E-state index contributed by atoms with van der Waals surface area (Å²) in [4.78, 5) is 41.0. The van der Waals surface area contributed by atoms with E-state index in [9.17, 15) is 19.2 Å². The van der Waals surface area contributed by atoms with Crippen LogP contribution in [0.15, 0.2) is 0 Å². The maximum atomic E-state index is 10.4. The van der Waals surface area contributed by atoms with Crippen LogP contribution in [-0.2, 0) is 19.2 Å². The topological polar surface area (TPSA) is 68.3 Å². The predicted molar refractivity (Wildman–Crippen MR) is 61.2 cm³/mol. The Labute approximate surface area is 96.4 Å². The number of carbonyl (C=O) groups is 4. The average Bonchev–Trinajstić information content (AvgIpc) is 2.16. The molecule has 0 aromatic carbocycles. The Morgan fingerprint density at radius 3 is 1.25 bits per heavy atom. The number of hydrogen-bond donors (Lipinski definition) is 0. The van der Waals surface area contributed by atoms with Crippen LogP contribution in [0.25, 0.3) is 0 Å². The molecule has 0 heterocycles. The molecule has 0 aromatic rings. The van der Waals surface area contributed by atoms with Crippen LogP contribution >= 0.6 is 0 Å². The maximum absolute atomic E-state index is 10.4. The smallest absolute Gasteiger partial charge is 0.198 e. The van der Waals surface area contributed by atoms with E-state index >= 15 is 0 Å². The van der Waals surface area contributed by atoms with E-state index in [1.54, 1.807) is 0 Å². The third-order valence-corrected chi connectivity index (χ3v) is 1.70. The molecule has 16 heavy (non-hydrogen) atoms. The lowest BCUT2D eigenvalue weighted by atomic mass is 10.2. The Morgan fingerprint density at radius 1 is 0.750 bits per heavy atom. The van der Waals surface area contributed by atoms with Crippen molar-refractivity contribution in [3.63, 3.8) is 0 Å². The molecule has 0 radical (unpaired) electrons. The van der Waals surface area contributed by atoms with Crippen molar-refractivity contribution in [2.75, 3.05) is 0 Å². The molecule has 0 aliphatic heterocycles. The molecule has 4 nitrogen and oxygen atoms in total. The van der Waals surface area contributed by atoms with Gasteiger partial charge in [0.05, 0.1) is 0 Å². The van der Waals surface area contributed by atoms with Crippen molar-refractivity contribution >= 4 is 23.1 Å². The Balaban J connectivity index is 0. The Hall–Kier alpha value is -1.32. The van der Waals surface area contributed by atoms with E-state index in [1.165, 1.54) is 20.8 Å². The van der Waals surface area contributed by atoms with E-state index in [2.05, 4.69) is 0 Å². The summed E-state index contributed by atoms with van der Waals surface area (Å²) in [6, 6.07) is 0. The van der Waals surface area contributed by atoms with E-state index in [-0.39, 0.29) is 23.1 Å². The third kappa shape index (κ3) is 15.2. The van der Waals surface area contributed by atoms with Crippen LogP contribution in [-0.4, -0.2) is 23.1 Å². The molecule has 0 saturated carbocycles. The average molecular weight is 228 g/mol. The van der Waals surface area contributed by atoms with Gasteiger partial charge in [-0.1, -0.05) is 6.92 Å². The minimum absolute atomic E-state index is 0.0835. The van der Waals surface area contributed by atoms with Crippen LogP contribution < -0.4 is 0 Å². The highest BCUT2D eigenvalue weighted by Gasteiger charge is 2.03. The van der Waals surface area contributed by atoms with Crippen molar-refractivity contribution in [2.24, 2.45) is 0 Å². The van der Waals surface area contributed by atoms with Gasteiger partial charge in [-0.25, -0.2) is 0 Å². The van der Waals surface area contributed by atoms with Gasteiger partial charge in [0.15, 0.2) is 11.6 Å². The molecule has 0 aliphatic rings. The molecule has 4 heteroatoms. The van der Waals surface area contributed by atoms with Crippen molar-refractivity contribution < 1.29 is 19.2 Å². The van der Waals surface area contributed by atoms with E-state index in [0.717, 1.165) is 6.42 Å². The van der Waals surface area contributed by atoms with Crippen molar-refractivity contribution in [3.8, 4) is 0 Å². The monoisotopic (exact) mass is 228 g/mol. The van der Waals surface area contributed by atoms with Crippen LogP contribution in [0.1, 0.15) is 53.4 Å². The van der Waals surface area contributed by atoms with E-state index in [4.69, 9.17) is 0 Å². The summed E-state index contributed by atoms with van der Waals surface area (Å²) in [6.45, 7) is 6.16. The largest absolute Gasteiger partial charge is 0.300 e. The van der Waals surface area contributed by atoms with Gasteiger partial charge in [0, 0.05) is 26.2 Å². The standard InChI is InChI=1S/2C6H10O2/c1-5(7)3-4-6(2)8;1-3-4-6(8)5(2)7/h2*3-4H2,1-2H3. The lowest BCUT2D eigenvalue weighted by Gasteiger charge is -1.87. The van der Waals surface area contributed by atoms with Crippen LogP contribution in [0.4, 0.5) is 0 Å². The van der Waals surface area contributed by atoms with Gasteiger partial charge in [-0.05, 0) is 20.3 Å². The Bertz CT molecular complexity index is 252. The number of hydrogen-bond acceptors (Lipinski definition) is 4. The molecule has 0 aromatic heterocycles. The van der Waals surface area contributed by atoms with E-state index < -0.39 is 0 Å². The molecule has 0 atom stereocenters. The van der Waals surface area contributed by atoms with Crippen LogP contribution in [0, 0.1) is 0 Å². The van der Waals surface area contributed by atoms with Gasteiger partial charge in [-0.15, -0.1) is 0 Å². The first-order valence-electron chi connectivity index (χ1n) is 5.33. The van der Waals surface area contributed by atoms with Crippen LogP contribution in [0.5, 0.6) is 0 Å². The molecule has 0 aliphatic carbocycles. The molecular weight excluding hydrogens is 208 g/mol. The van der Waals surface area contributed by atoms with Crippen molar-refractivity contribution in [2.45, 2.75) is 53.4 Å². The minimum Gasteiger partial charge on any atom is -0.300 e. The molecular formula is C12H20O4. The molecule has 0 fully saturated rings. The van der Waals surface area contributed by atoms with Gasteiger partial charge < -0.3 is 9.59 Å². The normalized spacial score (nSPS) is 8.75. The maximum Gasteiger partial charge on any atom is 0.198 e. The summed E-state index contributed by atoms with van der Waals surface area (Å²) >= 11 is 0. The van der Waals surface area contributed by atoms with Crippen molar-refractivity contribution in [3.05, 3.63) is 0 Å². The lowest BCUT2D eigenvalue weighted by molar-refractivity contribution is -0.135. The van der Waals surface area contributed by atoms with Gasteiger partial charge in [0.1, 0.15) is 11.6 Å². The third-order valence-electron chi connectivity index (χ3n) is 1.70. The molecule has 0 amide bonds. The van der Waals surface area contributed by atoms with Crippen LogP contribution in [0.2, 0.25) is 0 Å². The molecule has 0 bridgehead atoms. The molecule has 0 rings (SSSR count). The summed E-state index contributed by atoms with van der Waals surface area (Å²) in [6.07, 6.45) is 1.96. The second-order valence-electron chi connectivity index (χ2n) is 3.63. The number of rotatable bonds is 6. The fourth-order valence-electron chi connectivity index (χ4n) is 0.755. The second-order valence-corrected chi connectivity index (χ2v) is 3.63. The van der Waals surface area contributed by atoms with E-state index in [0.29, 0.717) is 19.3 Å². The van der Waals surface area contributed by atoms with Gasteiger partial charge >= 0.3 is 0 Å². The number of Topliss-reactive ketones (excluding diaryl/α,β-unsaturated/α-hetero) is 4. The highest BCUT2D eigenvalue weighted by Crippen LogP contribution is 1.89. The molecule has 0 saturated heterocycles. The minimum atomic E-state index is -0.327. The summed E-state index contributed by atoms with van der Waals surface area (Å²) in [5.41, 5.74) is 0. The second kappa shape index (κ2) is 10.2. The molecule has 0 N–H and O–H groups in total. The summed E-state index contributed by atoms with van der Waals surface area (Å²) in [5, 5.41) is 0. The van der Waals surface area contributed by atoms with Gasteiger partial charge in [-0.3, -0.25) is 9.59 Å². The van der Waals surface area contributed by atoms with Crippen molar-refractivity contribution in [1.29, 1.82) is 0 Å². The van der Waals surface area contributed by atoms with E-state index in [1.807, 2.05) is 6.92 Å². The zero-order chi connectivity index (χ0) is 13.1. The fraction of sp³-hybridized carbons (Fsp3) is 0.667. The molecule has 0 spiro atoms. The SMILES string of the molecule is CC(=O)CCC(C)=O.CCCC(=O)C(C)=O. The number of ketones is 4. The summed E-state index contributed by atoms with van der Waals surface area (Å²) in [7, 11) is 0. The number of carbonyl (C=O) groups excluding carboxylic acids is 4. The Morgan fingerprint density at radius 2 is 1.12 bits per heavy atom. The quantitative estimate of drug-likeness (QED) is 0.651. The first kappa shape index (κ1) is 17.1. The lowest BCUT2D eigenvalue weighted by Crippen LogP contribution is -2.07. The Kier molecular flexibility index (Phi) is 10.9. The summed E-state index contributed by atoms with van der Waals surface area (Å²) < 4.78 is 0. The van der Waals surface area contributed by atoms with Gasteiger partial charge in [0.25, 0.3) is 0 Å². The molecule has 92 valence electrons. The summed E-state index contributed by atoms with van der Waals surface area (Å²) in [5.74, 6) is -0.417. The zero-order valence-corrected chi connectivity index (χ0v) is 10.5. The van der Waals surface area contributed by atoms with Crippen molar-refractivity contribution in [1.82, 2.24) is 0 Å². The predicted octanol–water partition coefficient (Wildman–Crippen LogP) is 1.89.